The van der Waals surface area contributed by atoms with Crippen LogP contribution in [-0.4, -0.2) is 22.2 Å². The molecule has 0 aliphatic rings. The Kier molecular flexibility index (Phi) is 4.83. The van der Waals surface area contributed by atoms with E-state index in [-0.39, 0.29) is 5.56 Å². The summed E-state index contributed by atoms with van der Waals surface area (Å²) in [5, 5.41) is 13.4. The molecule has 0 saturated heterocycles. The quantitative estimate of drug-likeness (QED) is 0.514. The Bertz CT molecular complexity index is 506. The molecule has 0 spiro atoms. The molecule has 1 aromatic carbocycles. The third-order valence-corrected chi connectivity index (χ3v) is 2.76. The summed E-state index contributed by atoms with van der Waals surface area (Å²) in [5.74, 6) is -1.04. The molecule has 19 heavy (non-hydrogen) atoms. The van der Waals surface area contributed by atoms with Crippen molar-refractivity contribution in [1.82, 2.24) is 5.32 Å². The monoisotopic (exact) mass is 288 g/mol. The number of nitro groups is 1. The summed E-state index contributed by atoms with van der Waals surface area (Å²) in [5.41, 5.74) is -1.32. The van der Waals surface area contributed by atoms with Gasteiger partial charge in [0.2, 0.25) is 0 Å². The summed E-state index contributed by atoms with van der Waals surface area (Å²) >= 11 is 5.61. The van der Waals surface area contributed by atoms with Crippen molar-refractivity contribution in [3.05, 3.63) is 39.7 Å². The number of benzene rings is 1. The van der Waals surface area contributed by atoms with Crippen LogP contribution in [0.25, 0.3) is 0 Å². The van der Waals surface area contributed by atoms with Gasteiger partial charge in [0.1, 0.15) is 11.4 Å². The van der Waals surface area contributed by atoms with Crippen molar-refractivity contribution in [3.8, 4) is 0 Å². The Hall–Kier alpha value is -1.69. The number of rotatable bonds is 5. The second kappa shape index (κ2) is 5.97. The lowest BCUT2D eigenvalue weighted by molar-refractivity contribution is -0.385. The number of nitrogens with zero attached hydrogens (tertiary/aromatic N) is 1. The molecule has 0 aliphatic heterocycles. The molecule has 0 radical (unpaired) electrons. The maximum Gasteiger partial charge on any atom is 0.285 e. The van der Waals surface area contributed by atoms with Crippen molar-refractivity contribution in [2.45, 2.75) is 25.8 Å². The lowest BCUT2D eigenvalue weighted by atomic mass is 10.0. The molecule has 0 saturated carbocycles. The van der Waals surface area contributed by atoms with E-state index >= 15 is 0 Å². The lowest BCUT2D eigenvalue weighted by Gasteiger charge is -2.25. The summed E-state index contributed by atoms with van der Waals surface area (Å²) in [4.78, 5) is 22.0. The predicted octanol–water partition coefficient (Wildman–Crippen LogP) is 2.87. The highest BCUT2D eigenvalue weighted by Gasteiger charge is 2.26. The minimum Gasteiger partial charge on any atom is -0.347 e. The van der Waals surface area contributed by atoms with Crippen LogP contribution in [0.4, 0.5) is 10.1 Å². The van der Waals surface area contributed by atoms with Crippen LogP contribution in [0, 0.1) is 15.9 Å². The molecule has 0 heterocycles. The molecule has 0 fully saturated rings. The third kappa shape index (κ3) is 4.17. The first-order valence-electron chi connectivity index (χ1n) is 5.59. The van der Waals surface area contributed by atoms with Crippen LogP contribution in [0.1, 0.15) is 30.6 Å². The van der Waals surface area contributed by atoms with Crippen molar-refractivity contribution in [2.24, 2.45) is 0 Å². The van der Waals surface area contributed by atoms with Crippen molar-refractivity contribution in [3.63, 3.8) is 0 Å². The topological polar surface area (TPSA) is 72.2 Å². The first kappa shape index (κ1) is 15.4. The molecule has 0 atom stereocenters. The zero-order chi connectivity index (χ0) is 14.6. The molecule has 0 aromatic heterocycles. The fourth-order valence-corrected chi connectivity index (χ4v) is 1.99. The molecule has 1 amide bonds. The van der Waals surface area contributed by atoms with Crippen LogP contribution >= 0.6 is 11.6 Å². The van der Waals surface area contributed by atoms with Gasteiger partial charge in [0.05, 0.1) is 11.0 Å². The van der Waals surface area contributed by atoms with Gasteiger partial charge in [-0.3, -0.25) is 14.9 Å². The van der Waals surface area contributed by atoms with Crippen molar-refractivity contribution >= 4 is 23.2 Å². The van der Waals surface area contributed by atoms with E-state index in [9.17, 15) is 19.3 Å². The predicted molar refractivity (Wildman–Crippen MR) is 69.9 cm³/mol. The molecule has 1 N–H and O–H groups in total. The average Bonchev–Trinajstić information content (AvgIpc) is 2.27. The van der Waals surface area contributed by atoms with Gasteiger partial charge in [-0.15, -0.1) is 11.6 Å². The molecule has 1 aromatic rings. The Balaban J connectivity index is 3.03. The third-order valence-electron chi connectivity index (χ3n) is 2.57. The van der Waals surface area contributed by atoms with Gasteiger partial charge in [-0.25, -0.2) is 4.39 Å². The highest BCUT2D eigenvalue weighted by molar-refractivity contribution is 6.17. The number of nitrogens with one attached hydrogen (secondary N) is 1. The molecular weight excluding hydrogens is 275 g/mol. The normalized spacial score (nSPS) is 11.2. The van der Waals surface area contributed by atoms with E-state index in [1.165, 1.54) is 0 Å². The van der Waals surface area contributed by atoms with Crippen LogP contribution in [0.15, 0.2) is 18.2 Å². The second-order valence-corrected chi connectivity index (χ2v) is 5.07. The van der Waals surface area contributed by atoms with Crippen LogP contribution in [0.3, 0.4) is 0 Å². The zero-order valence-corrected chi connectivity index (χ0v) is 11.3. The van der Waals surface area contributed by atoms with Crippen molar-refractivity contribution in [1.29, 1.82) is 0 Å². The Labute approximate surface area is 114 Å². The summed E-state index contributed by atoms with van der Waals surface area (Å²) in [6.45, 7) is 3.51. The van der Waals surface area contributed by atoms with Gasteiger partial charge in [0.25, 0.3) is 11.6 Å². The van der Waals surface area contributed by atoms with Crippen LogP contribution in [-0.2, 0) is 0 Å². The molecule has 5 nitrogen and oxygen atoms in total. The Morgan fingerprint density at radius 1 is 1.53 bits per heavy atom. The number of nitro benzene ring substituents is 1. The smallest absolute Gasteiger partial charge is 0.285 e. The number of carbonyl (C=O) groups is 1. The minimum absolute atomic E-state index is 0.172. The molecule has 0 unspecified atom stereocenters. The minimum atomic E-state index is -0.785. The maximum absolute atomic E-state index is 13.0. The maximum atomic E-state index is 13.0. The summed E-state index contributed by atoms with van der Waals surface area (Å²) in [7, 11) is 0. The number of alkyl halides is 1. The van der Waals surface area contributed by atoms with Gasteiger partial charge in [-0.05, 0) is 32.4 Å². The molecule has 7 heteroatoms. The van der Waals surface area contributed by atoms with Gasteiger partial charge in [-0.2, -0.15) is 0 Å². The molecule has 1 rings (SSSR count). The van der Waals surface area contributed by atoms with Crippen molar-refractivity contribution < 1.29 is 14.1 Å². The molecule has 0 aliphatic carbocycles. The van der Waals surface area contributed by atoms with Crippen LogP contribution < -0.4 is 5.32 Å². The number of amides is 1. The highest BCUT2D eigenvalue weighted by atomic mass is 35.5. The second-order valence-electron chi connectivity index (χ2n) is 4.70. The summed E-state index contributed by atoms with van der Waals surface area (Å²) < 4.78 is 13.0. The van der Waals surface area contributed by atoms with Gasteiger partial charge in [0, 0.05) is 11.4 Å². The van der Waals surface area contributed by atoms with Gasteiger partial charge >= 0.3 is 0 Å². The zero-order valence-electron chi connectivity index (χ0n) is 10.6. The Morgan fingerprint density at radius 2 is 2.16 bits per heavy atom. The Morgan fingerprint density at radius 3 is 2.68 bits per heavy atom. The number of halogens is 2. The van der Waals surface area contributed by atoms with Gasteiger partial charge in [-0.1, -0.05) is 0 Å². The fourth-order valence-electron chi connectivity index (χ4n) is 1.52. The molecule has 104 valence electrons. The van der Waals surface area contributed by atoms with E-state index in [4.69, 9.17) is 11.6 Å². The van der Waals surface area contributed by atoms with E-state index in [2.05, 4.69) is 5.32 Å². The van der Waals surface area contributed by atoms with Crippen molar-refractivity contribution in [2.75, 3.05) is 5.88 Å². The average molecular weight is 289 g/mol. The number of hydrogen-bond acceptors (Lipinski definition) is 3. The van der Waals surface area contributed by atoms with E-state index < -0.39 is 27.9 Å². The van der Waals surface area contributed by atoms with E-state index in [0.29, 0.717) is 12.3 Å². The molecular formula is C12H14ClFN2O3. The van der Waals surface area contributed by atoms with E-state index in [0.717, 1.165) is 18.2 Å². The van der Waals surface area contributed by atoms with Crippen LogP contribution in [0.2, 0.25) is 0 Å². The molecule has 0 bridgehead atoms. The summed E-state index contributed by atoms with van der Waals surface area (Å²) in [6.07, 6.45) is 0.509. The number of hydrogen-bond donors (Lipinski definition) is 1. The highest BCUT2D eigenvalue weighted by Crippen LogP contribution is 2.21. The number of carbonyl (C=O) groups excluding carboxylic acids is 1. The SMILES string of the molecule is CC(C)(CCCl)NC(=O)c1ccc(F)cc1[N+](=O)[O-]. The van der Waals surface area contributed by atoms with Crippen LogP contribution in [0.5, 0.6) is 0 Å². The van der Waals surface area contributed by atoms with Gasteiger partial charge < -0.3 is 5.32 Å². The fraction of sp³-hybridized carbons (Fsp3) is 0.417. The van der Waals surface area contributed by atoms with Gasteiger partial charge in [0.15, 0.2) is 0 Å². The first-order chi connectivity index (χ1) is 8.76. The largest absolute Gasteiger partial charge is 0.347 e. The van der Waals surface area contributed by atoms with E-state index in [1.807, 2.05) is 0 Å². The van der Waals surface area contributed by atoms with E-state index in [1.54, 1.807) is 13.8 Å². The first-order valence-corrected chi connectivity index (χ1v) is 6.13. The lowest BCUT2D eigenvalue weighted by Crippen LogP contribution is -2.43. The standard InChI is InChI=1S/C12H14ClFN2O3/c1-12(2,5-6-13)15-11(17)9-4-3-8(14)7-10(9)16(18)19/h3-4,7H,5-6H2,1-2H3,(H,15,17). The summed E-state index contributed by atoms with van der Waals surface area (Å²) in [6, 6.07) is 2.83.